The van der Waals surface area contributed by atoms with Crippen molar-refractivity contribution in [3.63, 3.8) is 0 Å². The molecular formula is C11H18N2O2. The van der Waals surface area contributed by atoms with Crippen LogP contribution in [0, 0.1) is 12.3 Å². The van der Waals surface area contributed by atoms with Gasteiger partial charge in [-0.05, 0) is 13.0 Å². The SMILES string of the molecule is Cc1ccc(N(C)CC2(CN)COC2)o1. The first-order chi connectivity index (χ1) is 7.15. The smallest absolute Gasteiger partial charge is 0.195 e. The van der Waals surface area contributed by atoms with Crippen molar-refractivity contribution in [2.75, 3.05) is 38.3 Å². The van der Waals surface area contributed by atoms with Gasteiger partial charge in [-0.1, -0.05) is 0 Å². The summed E-state index contributed by atoms with van der Waals surface area (Å²) >= 11 is 0. The number of anilines is 1. The van der Waals surface area contributed by atoms with Gasteiger partial charge in [-0.2, -0.15) is 0 Å². The van der Waals surface area contributed by atoms with Gasteiger partial charge in [0.15, 0.2) is 5.88 Å². The van der Waals surface area contributed by atoms with Gasteiger partial charge in [-0.25, -0.2) is 0 Å². The molecule has 1 fully saturated rings. The number of hydrogen-bond donors (Lipinski definition) is 1. The lowest BCUT2D eigenvalue weighted by Crippen LogP contribution is -2.54. The van der Waals surface area contributed by atoms with Gasteiger partial charge >= 0.3 is 0 Å². The molecule has 2 rings (SSSR count). The molecule has 0 unspecified atom stereocenters. The predicted molar refractivity (Wildman–Crippen MR) is 59.0 cm³/mol. The fraction of sp³-hybridized carbons (Fsp3) is 0.636. The minimum absolute atomic E-state index is 0.120. The molecule has 2 heterocycles. The molecule has 0 aromatic carbocycles. The predicted octanol–water partition coefficient (Wildman–Crippen LogP) is 1.000. The van der Waals surface area contributed by atoms with E-state index in [4.69, 9.17) is 14.9 Å². The summed E-state index contributed by atoms with van der Waals surface area (Å²) < 4.78 is 10.8. The molecule has 0 aliphatic carbocycles. The van der Waals surface area contributed by atoms with E-state index in [2.05, 4.69) is 4.90 Å². The zero-order chi connectivity index (χ0) is 10.9. The molecule has 0 bridgehead atoms. The quantitative estimate of drug-likeness (QED) is 0.805. The van der Waals surface area contributed by atoms with Gasteiger partial charge in [0.2, 0.25) is 0 Å². The van der Waals surface area contributed by atoms with E-state index in [0.717, 1.165) is 31.4 Å². The minimum atomic E-state index is 0.120. The molecule has 4 nitrogen and oxygen atoms in total. The number of furan rings is 1. The van der Waals surface area contributed by atoms with E-state index in [1.54, 1.807) is 0 Å². The molecule has 1 aliphatic rings. The molecule has 1 aliphatic heterocycles. The van der Waals surface area contributed by atoms with Crippen LogP contribution >= 0.6 is 0 Å². The molecule has 4 heteroatoms. The second-order valence-corrected chi connectivity index (χ2v) is 4.44. The van der Waals surface area contributed by atoms with Crippen LogP contribution in [0.25, 0.3) is 0 Å². The molecule has 0 saturated carbocycles. The molecule has 0 spiro atoms. The maximum atomic E-state index is 5.76. The van der Waals surface area contributed by atoms with Crippen molar-refractivity contribution in [1.82, 2.24) is 0 Å². The van der Waals surface area contributed by atoms with Crippen LogP contribution in [0.15, 0.2) is 16.5 Å². The Hall–Kier alpha value is -1.00. The van der Waals surface area contributed by atoms with Crippen molar-refractivity contribution in [3.05, 3.63) is 17.9 Å². The first-order valence-corrected chi connectivity index (χ1v) is 5.21. The summed E-state index contributed by atoms with van der Waals surface area (Å²) in [4.78, 5) is 2.10. The van der Waals surface area contributed by atoms with E-state index < -0.39 is 0 Å². The number of nitrogens with zero attached hydrogens (tertiary/aromatic N) is 1. The second kappa shape index (κ2) is 3.87. The highest BCUT2D eigenvalue weighted by molar-refractivity contribution is 5.35. The third-order valence-electron chi connectivity index (χ3n) is 2.92. The molecule has 84 valence electrons. The summed E-state index contributed by atoms with van der Waals surface area (Å²) in [6, 6.07) is 3.96. The highest BCUT2D eigenvalue weighted by Gasteiger charge is 2.38. The third-order valence-corrected chi connectivity index (χ3v) is 2.92. The molecule has 0 atom stereocenters. The number of nitrogens with two attached hydrogens (primary N) is 1. The Balaban J connectivity index is 1.99. The Kier molecular flexibility index (Phi) is 2.71. The number of rotatable bonds is 4. The zero-order valence-corrected chi connectivity index (χ0v) is 9.32. The Morgan fingerprint density at radius 3 is 2.60 bits per heavy atom. The number of hydrogen-bond acceptors (Lipinski definition) is 4. The van der Waals surface area contributed by atoms with Crippen molar-refractivity contribution in [2.45, 2.75) is 6.92 Å². The number of aryl methyl sites for hydroxylation is 1. The van der Waals surface area contributed by atoms with Crippen molar-refractivity contribution in [3.8, 4) is 0 Å². The van der Waals surface area contributed by atoms with Crippen LogP contribution < -0.4 is 10.6 Å². The second-order valence-electron chi connectivity index (χ2n) is 4.44. The summed E-state index contributed by atoms with van der Waals surface area (Å²) in [5.74, 6) is 1.83. The van der Waals surface area contributed by atoms with Crippen LogP contribution in [0.2, 0.25) is 0 Å². The average molecular weight is 210 g/mol. The van der Waals surface area contributed by atoms with Gasteiger partial charge < -0.3 is 19.8 Å². The number of ether oxygens (including phenoxy) is 1. The fourth-order valence-electron chi connectivity index (χ4n) is 1.87. The van der Waals surface area contributed by atoms with Gasteiger partial charge in [-0.15, -0.1) is 0 Å². The Bertz CT molecular complexity index is 326. The Morgan fingerprint density at radius 1 is 1.47 bits per heavy atom. The van der Waals surface area contributed by atoms with E-state index in [9.17, 15) is 0 Å². The lowest BCUT2D eigenvalue weighted by molar-refractivity contribution is -0.101. The van der Waals surface area contributed by atoms with Crippen LogP contribution in [0.1, 0.15) is 5.76 Å². The maximum absolute atomic E-state index is 5.76. The summed E-state index contributed by atoms with van der Waals surface area (Å²) in [6.07, 6.45) is 0. The standard InChI is InChI=1S/C11H18N2O2/c1-9-3-4-10(15-9)13(2)6-11(5-12)7-14-8-11/h3-4H,5-8,12H2,1-2H3. The largest absolute Gasteiger partial charge is 0.446 e. The van der Waals surface area contributed by atoms with E-state index >= 15 is 0 Å². The van der Waals surface area contributed by atoms with E-state index in [-0.39, 0.29) is 5.41 Å². The van der Waals surface area contributed by atoms with Crippen LogP contribution in [0.3, 0.4) is 0 Å². The molecular weight excluding hydrogens is 192 g/mol. The monoisotopic (exact) mass is 210 g/mol. The van der Waals surface area contributed by atoms with Crippen LogP contribution in [0.5, 0.6) is 0 Å². The molecule has 0 radical (unpaired) electrons. The minimum Gasteiger partial charge on any atom is -0.446 e. The van der Waals surface area contributed by atoms with E-state index in [1.807, 2.05) is 26.1 Å². The van der Waals surface area contributed by atoms with Crippen molar-refractivity contribution in [1.29, 1.82) is 0 Å². The van der Waals surface area contributed by atoms with Crippen molar-refractivity contribution < 1.29 is 9.15 Å². The lowest BCUT2D eigenvalue weighted by Gasteiger charge is -2.42. The Morgan fingerprint density at radius 2 is 2.20 bits per heavy atom. The van der Waals surface area contributed by atoms with Gasteiger partial charge in [0, 0.05) is 31.6 Å². The van der Waals surface area contributed by atoms with Gasteiger partial charge in [0.25, 0.3) is 0 Å². The van der Waals surface area contributed by atoms with Crippen LogP contribution in [-0.2, 0) is 4.74 Å². The van der Waals surface area contributed by atoms with Crippen LogP contribution in [0.4, 0.5) is 5.88 Å². The van der Waals surface area contributed by atoms with Gasteiger partial charge in [0.1, 0.15) is 5.76 Å². The average Bonchev–Trinajstić information content (AvgIpc) is 2.58. The normalized spacial score (nSPS) is 18.6. The van der Waals surface area contributed by atoms with Crippen molar-refractivity contribution in [2.24, 2.45) is 11.1 Å². The Labute approximate surface area is 90.0 Å². The summed E-state index contributed by atoms with van der Waals surface area (Å²) in [7, 11) is 2.02. The van der Waals surface area contributed by atoms with Gasteiger partial charge in [0.05, 0.1) is 13.2 Å². The summed E-state index contributed by atoms with van der Waals surface area (Å²) in [5.41, 5.74) is 5.88. The molecule has 0 amide bonds. The maximum Gasteiger partial charge on any atom is 0.195 e. The highest BCUT2D eigenvalue weighted by atomic mass is 16.5. The highest BCUT2D eigenvalue weighted by Crippen LogP contribution is 2.29. The lowest BCUT2D eigenvalue weighted by atomic mass is 9.85. The molecule has 2 N–H and O–H groups in total. The summed E-state index contributed by atoms with van der Waals surface area (Å²) in [6.45, 7) is 5.01. The zero-order valence-electron chi connectivity index (χ0n) is 9.32. The topological polar surface area (TPSA) is 51.6 Å². The van der Waals surface area contributed by atoms with Gasteiger partial charge in [-0.3, -0.25) is 0 Å². The first kappa shape index (κ1) is 10.5. The molecule has 1 aromatic heterocycles. The molecule has 1 aromatic rings. The van der Waals surface area contributed by atoms with E-state index in [1.165, 1.54) is 0 Å². The van der Waals surface area contributed by atoms with Crippen molar-refractivity contribution >= 4 is 5.88 Å². The fourth-order valence-corrected chi connectivity index (χ4v) is 1.87. The molecule has 1 saturated heterocycles. The molecule has 15 heavy (non-hydrogen) atoms. The first-order valence-electron chi connectivity index (χ1n) is 5.21. The third kappa shape index (κ3) is 2.01. The van der Waals surface area contributed by atoms with Crippen LogP contribution in [-0.4, -0.2) is 33.4 Å². The summed E-state index contributed by atoms with van der Waals surface area (Å²) in [5, 5.41) is 0. The van der Waals surface area contributed by atoms with E-state index in [0.29, 0.717) is 6.54 Å².